The van der Waals surface area contributed by atoms with E-state index in [1.54, 1.807) is 18.2 Å². The van der Waals surface area contributed by atoms with Gasteiger partial charge in [-0.25, -0.2) is 4.98 Å². The Kier molecular flexibility index (Phi) is 8.19. The second kappa shape index (κ2) is 11.4. The number of alkyl halides is 3. The summed E-state index contributed by atoms with van der Waals surface area (Å²) in [6.07, 6.45) is -3.99. The van der Waals surface area contributed by atoms with E-state index in [-0.39, 0.29) is 0 Å². The Bertz CT molecular complexity index is 1430. The van der Waals surface area contributed by atoms with E-state index >= 15 is 0 Å². The first-order valence-corrected chi connectivity index (χ1v) is 14.2. The predicted octanol–water partition coefficient (Wildman–Crippen LogP) is 7.52. The van der Waals surface area contributed by atoms with Gasteiger partial charge in [0.25, 0.3) is 0 Å². The fourth-order valence-electron chi connectivity index (χ4n) is 4.54. The van der Waals surface area contributed by atoms with Crippen LogP contribution in [0.25, 0.3) is 10.3 Å². The topological polar surface area (TPSA) is 57.2 Å². The van der Waals surface area contributed by atoms with Crippen molar-refractivity contribution in [3.05, 3.63) is 68.6 Å². The molecule has 5 rings (SSSR count). The Hall–Kier alpha value is -2.66. The molecule has 0 radical (unpaired) electrons. The third kappa shape index (κ3) is 6.57. The molecule has 0 saturated carbocycles. The van der Waals surface area contributed by atoms with Gasteiger partial charge in [-0.15, -0.1) is 0 Å². The molecule has 0 spiro atoms. The zero-order valence-corrected chi connectivity index (χ0v) is 23.7. The van der Waals surface area contributed by atoms with Crippen LogP contribution in [0, 0.1) is 5.92 Å². The average molecular weight is 596 g/mol. The van der Waals surface area contributed by atoms with Crippen molar-refractivity contribution in [2.45, 2.75) is 26.4 Å². The van der Waals surface area contributed by atoms with E-state index in [4.69, 9.17) is 38.2 Å². The molecule has 4 aromatic rings. The van der Waals surface area contributed by atoms with E-state index in [1.165, 1.54) is 23.5 Å². The van der Waals surface area contributed by atoms with Crippen molar-refractivity contribution < 1.29 is 13.2 Å². The van der Waals surface area contributed by atoms with Crippen LogP contribution in [-0.4, -0.2) is 52.6 Å². The standard InChI is InChI=1S/C27H27Cl2F3N6S/c1-16(2)15-37-10-12-38(13-11-37)26-35-24(33-18-8-6-17(7-9-18)27(30,31)32)23-25(36-26)39-22(34-23)14-19-20(28)4-3-5-21(19)29/h3-9,16H,10-15H2,1-2H3,(H,33,35,36). The molecule has 3 heterocycles. The normalized spacial score (nSPS) is 14.9. The molecule has 0 amide bonds. The summed E-state index contributed by atoms with van der Waals surface area (Å²) in [5.41, 5.74) is 1.07. The number of nitrogens with one attached hydrogen (secondary N) is 1. The number of fused-ring (bicyclic) bond motifs is 1. The second-order valence-electron chi connectivity index (χ2n) is 9.89. The summed E-state index contributed by atoms with van der Waals surface area (Å²) in [6.45, 7) is 8.81. The Morgan fingerprint density at radius 2 is 1.62 bits per heavy atom. The highest BCUT2D eigenvalue weighted by Gasteiger charge is 2.30. The number of hydrogen-bond donors (Lipinski definition) is 1. The maximum absolute atomic E-state index is 13.1. The number of hydrogen-bond acceptors (Lipinski definition) is 7. The summed E-state index contributed by atoms with van der Waals surface area (Å²) < 4.78 is 39.2. The van der Waals surface area contributed by atoms with Gasteiger partial charge in [-0.2, -0.15) is 23.1 Å². The van der Waals surface area contributed by atoms with Crippen molar-refractivity contribution in [3.8, 4) is 0 Å². The third-order valence-corrected chi connectivity index (χ3v) is 8.09. The van der Waals surface area contributed by atoms with Crippen LogP contribution >= 0.6 is 34.5 Å². The summed E-state index contributed by atoms with van der Waals surface area (Å²) in [5, 5.41) is 5.03. The number of aromatic nitrogens is 3. The minimum absolute atomic E-state index is 0.419. The van der Waals surface area contributed by atoms with Gasteiger partial charge in [0.2, 0.25) is 5.95 Å². The van der Waals surface area contributed by atoms with Gasteiger partial charge < -0.3 is 10.2 Å². The number of anilines is 3. The summed E-state index contributed by atoms with van der Waals surface area (Å²) in [6, 6.07) is 10.2. The summed E-state index contributed by atoms with van der Waals surface area (Å²) >= 11 is 14.2. The van der Waals surface area contributed by atoms with E-state index in [1.807, 2.05) is 0 Å². The molecule has 1 saturated heterocycles. The van der Waals surface area contributed by atoms with E-state index in [0.29, 0.717) is 50.2 Å². The Morgan fingerprint density at radius 3 is 2.23 bits per heavy atom. The van der Waals surface area contributed by atoms with E-state index in [2.05, 4.69) is 29.0 Å². The van der Waals surface area contributed by atoms with Crippen molar-refractivity contribution in [1.82, 2.24) is 19.9 Å². The monoisotopic (exact) mass is 594 g/mol. The van der Waals surface area contributed by atoms with Gasteiger partial charge in [-0.05, 0) is 47.9 Å². The highest BCUT2D eigenvalue weighted by molar-refractivity contribution is 7.18. The first-order valence-electron chi connectivity index (χ1n) is 12.6. The zero-order chi connectivity index (χ0) is 27.7. The van der Waals surface area contributed by atoms with Gasteiger partial charge in [0, 0.05) is 54.9 Å². The molecule has 0 atom stereocenters. The lowest BCUT2D eigenvalue weighted by Crippen LogP contribution is -2.48. The lowest BCUT2D eigenvalue weighted by atomic mass is 10.1. The van der Waals surface area contributed by atoms with Gasteiger partial charge in [0.1, 0.15) is 10.5 Å². The summed E-state index contributed by atoms with van der Waals surface area (Å²) in [4.78, 5) is 19.7. The van der Waals surface area contributed by atoms with Crippen molar-refractivity contribution in [2.75, 3.05) is 42.9 Å². The number of benzene rings is 2. The zero-order valence-electron chi connectivity index (χ0n) is 21.4. The minimum Gasteiger partial charge on any atom is -0.338 e. The maximum atomic E-state index is 13.1. The number of piperazine rings is 1. The van der Waals surface area contributed by atoms with Crippen LogP contribution in [0.15, 0.2) is 42.5 Å². The highest BCUT2D eigenvalue weighted by Crippen LogP contribution is 2.35. The van der Waals surface area contributed by atoms with E-state index in [0.717, 1.165) is 55.4 Å². The molecule has 1 aliphatic rings. The molecule has 1 N–H and O–H groups in total. The van der Waals surface area contributed by atoms with Gasteiger partial charge >= 0.3 is 6.18 Å². The smallest absolute Gasteiger partial charge is 0.338 e. The Balaban J connectivity index is 1.48. The molecule has 39 heavy (non-hydrogen) atoms. The molecule has 0 unspecified atom stereocenters. The first kappa shape index (κ1) is 27.9. The lowest BCUT2D eigenvalue weighted by Gasteiger charge is -2.35. The quantitative estimate of drug-likeness (QED) is 0.239. The van der Waals surface area contributed by atoms with Crippen LogP contribution in [0.3, 0.4) is 0 Å². The molecule has 6 nitrogen and oxygen atoms in total. The number of thiazole rings is 1. The second-order valence-corrected chi connectivity index (χ2v) is 11.8. The molecule has 206 valence electrons. The SMILES string of the molecule is CC(C)CN1CCN(c2nc(Nc3ccc(C(F)(F)F)cc3)c3nc(Cc4c(Cl)cccc4Cl)sc3n2)CC1. The van der Waals surface area contributed by atoms with Crippen molar-refractivity contribution in [3.63, 3.8) is 0 Å². The number of nitrogens with zero attached hydrogens (tertiary/aromatic N) is 5. The van der Waals surface area contributed by atoms with Crippen LogP contribution < -0.4 is 10.2 Å². The van der Waals surface area contributed by atoms with Gasteiger partial charge in [-0.3, -0.25) is 4.90 Å². The molecule has 0 bridgehead atoms. The van der Waals surface area contributed by atoms with Crippen LogP contribution in [0.5, 0.6) is 0 Å². The first-order chi connectivity index (χ1) is 18.6. The van der Waals surface area contributed by atoms with Gasteiger partial charge in [0.15, 0.2) is 10.6 Å². The molecule has 2 aromatic heterocycles. The maximum Gasteiger partial charge on any atom is 0.416 e. The Morgan fingerprint density at radius 1 is 0.949 bits per heavy atom. The van der Waals surface area contributed by atoms with Crippen LogP contribution in [0.2, 0.25) is 10.0 Å². The molecular formula is C27H27Cl2F3N6S. The predicted molar refractivity (Wildman–Crippen MR) is 153 cm³/mol. The number of rotatable bonds is 7. The lowest BCUT2D eigenvalue weighted by molar-refractivity contribution is -0.137. The average Bonchev–Trinajstić information content (AvgIpc) is 3.29. The van der Waals surface area contributed by atoms with E-state index in [9.17, 15) is 13.2 Å². The van der Waals surface area contributed by atoms with Crippen LogP contribution in [0.1, 0.15) is 30.0 Å². The van der Waals surface area contributed by atoms with Crippen LogP contribution in [-0.2, 0) is 12.6 Å². The van der Waals surface area contributed by atoms with Gasteiger partial charge in [-0.1, -0.05) is 54.5 Å². The third-order valence-electron chi connectivity index (χ3n) is 6.43. The van der Waals surface area contributed by atoms with Crippen LogP contribution in [0.4, 0.5) is 30.6 Å². The fraction of sp³-hybridized carbons (Fsp3) is 0.370. The Labute approximate surface area is 238 Å². The molecule has 1 aliphatic heterocycles. The molecule has 12 heteroatoms. The van der Waals surface area contributed by atoms with E-state index < -0.39 is 11.7 Å². The van der Waals surface area contributed by atoms with Crippen molar-refractivity contribution >= 4 is 62.3 Å². The highest BCUT2D eigenvalue weighted by atomic mass is 35.5. The largest absolute Gasteiger partial charge is 0.416 e. The molecular weight excluding hydrogens is 568 g/mol. The summed E-state index contributed by atoms with van der Waals surface area (Å²) in [5.74, 6) is 1.59. The molecule has 2 aromatic carbocycles. The fourth-order valence-corrected chi connectivity index (χ4v) is 6.01. The molecule has 1 fully saturated rings. The number of halogens is 5. The minimum atomic E-state index is -4.41. The van der Waals surface area contributed by atoms with Crippen molar-refractivity contribution in [1.29, 1.82) is 0 Å². The van der Waals surface area contributed by atoms with Crippen molar-refractivity contribution in [2.24, 2.45) is 5.92 Å². The summed E-state index contributed by atoms with van der Waals surface area (Å²) in [7, 11) is 0. The molecule has 0 aliphatic carbocycles. The van der Waals surface area contributed by atoms with Gasteiger partial charge in [0.05, 0.1) is 5.56 Å².